The predicted octanol–water partition coefficient (Wildman–Crippen LogP) is 2.87. The van der Waals surface area contributed by atoms with Crippen LogP contribution in [-0.2, 0) is 6.54 Å². The van der Waals surface area contributed by atoms with Crippen LogP contribution in [0.1, 0.15) is 30.5 Å². The largest absolute Gasteiger partial charge is 0.467 e. The maximum absolute atomic E-state index is 5.20. The molecule has 2 aromatic heterocycles. The molecule has 80 valence electrons. The van der Waals surface area contributed by atoms with Gasteiger partial charge >= 0.3 is 0 Å². The van der Waals surface area contributed by atoms with Crippen molar-refractivity contribution in [1.82, 2.24) is 10.2 Å². The van der Waals surface area contributed by atoms with Crippen LogP contribution < -0.4 is 5.32 Å². The molecule has 2 heterocycles. The van der Waals surface area contributed by atoms with Crippen LogP contribution in [0.5, 0.6) is 0 Å². The van der Waals surface area contributed by atoms with E-state index in [4.69, 9.17) is 4.42 Å². The van der Waals surface area contributed by atoms with Crippen molar-refractivity contribution >= 4 is 16.5 Å². The summed E-state index contributed by atoms with van der Waals surface area (Å²) in [6.07, 6.45) is 1.66. The van der Waals surface area contributed by atoms with E-state index < -0.39 is 0 Å². The molecular weight excluding hydrogens is 210 g/mol. The summed E-state index contributed by atoms with van der Waals surface area (Å²) in [6, 6.07) is 3.80. The molecule has 0 aliphatic carbocycles. The lowest BCUT2D eigenvalue weighted by atomic mass is 10.2. The topological polar surface area (TPSA) is 51.0 Å². The molecule has 0 aromatic carbocycles. The normalized spacial score (nSPS) is 10.9. The summed E-state index contributed by atoms with van der Waals surface area (Å²) in [5.41, 5.74) is 0. The number of nitrogens with zero attached hydrogens (tertiary/aromatic N) is 2. The average molecular weight is 223 g/mol. The second-order valence-electron chi connectivity index (χ2n) is 3.53. The fraction of sp³-hybridized carbons (Fsp3) is 0.400. The maximum Gasteiger partial charge on any atom is 0.206 e. The average Bonchev–Trinajstić information content (AvgIpc) is 2.86. The molecule has 1 N–H and O–H groups in total. The predicted molar refractivity (Wildman–Crippen MR) is 60.0 cm³/mol. The van der Waals surface area contributed by atoms with Gasteiger partial charge in [0.15, 0.2) is 0 Å². The molecule has 0 bridgehead atoms. The smallest absolute Gasteiger partial charge is 0.206 e. The summed E-state index contributed by atoms with van der Waals surface area (Å²) in [4.78, 5) is 0. The Balaban J connectivity index is 1.94. The summed E-state index contributed by atoms with van der Waals surface area (Å²) >= 11 is 1.59. The summed E-state index contributed by atoms with van der Waals surface area (Å²) in [5.74, 6) is 1.33. The van der Waals surface area contributed by atoms with Crippen LogP contribution in [0.3, 0.4) is 0 Å². The van der Waals surface area contributed by atoms with E-state index in [9.17, 15) is 0 Å². The van der Waals surface area contributed by atoms with Gasteiger partial charge in [0.25, 0.3) is 0 Å². The highest BCUT2D eigenvalue weighted by Crippen LogP contribution is 2.22. The Hall–Kier alpha value is -1.36. The third-order valence-electron chi connectivity index (χ3n) is 1.93. The lowest BCUT2D eigenvalue weighted by molar-refractivity contribution is 0.518. The first kappa shape index (κ1) is 10.2. The van der Waals surface area contributed by atoms with Crippen molar-refractivity contribution in [3.63, 3.8) is 0 Å². The molecule has 0 unspecified atom stereocenters. The molecule has 0 amide bonds. The van der Waals surface area contributed by atoms with E-state index in [2.05, 4.69) is 29.4 Å². The van der Waals surface area contributed by atoms with E-state index in [1.807, 2.05) is 12.1 Å². The molecule has 0 saturated heterocycles. The SMILES string of the molecule is CC(C)c1nnc(NCc2ccco2)s1. The second-order valence-corrected chi connectivity index (χ2v) is 4.54. The van der Waals surface area contributed by atoms with Crippen LogP contribution in [0.25, 0.3) is 0 Å². The first-order valence-corrected chi connectivity index (χ1v) is 5.67. The second kappa shape index (κ2) is 4.44. The minimum atomic E-state index is 0.432. The summed E-state index contributed by atoms with van der Waals surface area (Å²) in [6.45, 7) is 4.87. The minimum Gasteiger partial charge on any atom is -0.467 e. The molecular formula is C10H13N3OS. The molecule has 0 fully saturated rings. The van der Waals surface area contributed by atoms with Crippen molar-refractivity contribution in [2.75, 3.05) is 5.32 Å². The Morgan fingerprint density at radius 1 is 1.47 bits per heavy atom. The van der Waals surface area contributed by atoms with E-state index in [1.54, 1.807) is 17.6 Å². The molecule has 2 rings (SSSR count). The summed E-state index contributed by atoms with van der Waals surface area (Å²) < 4.78 is 5.20. The number of aromatic nitrogens is 2. The Morgan fingerprint density at radius 3 is 2.93 bits per heavy atom. The standard InChI is InChI=1S/C10H13N3OS/c1-7(2)9-12-13-10(15-9)11-6-8-4-3-5-14-8/h3-5,7H,6H2,1-2H3,(H,11,13). The highest BCUT2D eigenvalue weighted by atomic mass is 32.1. The quantitative estimate of drug-likeness (QED) is 0.866. The van der Waals surface area contributed by atoms with E-state index in [0.29, 0.717) is 12.5 Å². The van der Waals surface area contributed by atoms with E-state index in [0.717, 1.165) is 15.9 Å². The zero-order valence-corrected chi connectivity index (χ0v) is 9.54. The lowest BCUT2D eigenvalue weighted by Crippen LogP contribution is -1.96. The fourth-order valence-electron chi connectivity index (χ4n) is 1.12. The molecule has 2 aromatic rings. The summed E-state index contributed by atoms with van der Waals surface area (Å²) in [7, 11) is 0. The molecule has 0 aliphatic rings. The van der Waals surface area contributed by atoms with Gasteiger partial charge in [-0.3, -0.25) is 0 Å². The van der Waals surface area contributed by atoms with Gasteiger partial charge in [-0.05, 0) is 12.1 Å². The molecule has 4 nitrogen and oxygen atoms in total. The van der Waals surface area contributed by atoms with Crippen LogP contribution in [0.15, 0.2) is 22.8 Å². The Morgan fingerprint density at radius 2 is 2.33 bits per heavy atom. The lowest BCUT2D eigenvalue weighted by Gasteiger charge is -1.97. The molecule has 0 spiro atoms. The van der Waals surface area contributed by atoms with Gasteiger partial charge in [-0.25, -0.2) is 0 Å². The monoisotopic (exact) mass is 223 g/mol. The van der Waals surface area contributed by atoms with Crippen LogP contribution in [0.4, 0.5) is 5.13 Å². The van der Waals surface area contributed by atoms with Gasteiger partial charge in [0, 0.05) is 5.92 Å². The van der Waals surface area contributed by atoms with Crippen LogP contribution in [0, 0.1) is 0 Å². The summed E-state index contributed by atoms with van der Waals surface area (Å²) in [5, 5.41) is 13.2. The molecule has 5 heteroatoms. The van der Waals surface area contributed by atoms with Gasteiger partial charge in [-0.1, -0.05) is 25.2 Å². The number of hydrogen-bond donors (Lipinski definition) is 1. The Bertz CT molecular complexity index is 408. The van der Waals surface area contributed by atoms with E-state index in [1.165, 1.54) is 0 Å². The van der Waals surface area contributed by atoms with Crippen molar-refractivity contribution in [2.24, 2.45) is 0 Å². The van der Waals surface area contributed by atoms with Crippen molar-refractivity contribution in [3.8, 4) is 0 Å². The minimum absolute atomic E-state index is 0.432. The van der Waals surface area contributed by atoms with Crippen LogP contribution in [0.2, 0.25) is 0 Å². The molecule has 0 atom stereocenters. The number of rotatable bonds is 4. The van der Waals surface area contributed by atoms with Gasteiger partial charge in [0.05, 0.1) is 12.8 Å². The van der Waals surface area contributed by atoms with Crippen molar-refractivity contribution in [2.45, 2.75) is 26.3 Å². The third kappa shape index (κ3) is 2.56. The van der Waals surface area contributed by atoms with Gasteiger partial charge in [0.2, 0.25) is 5.13 Å². The maximum atomic E-state index is 5.20. The van der Waals surface area contributed by atoms with Gasteiger partial charge in [-0.15, -0.1) is 10.2 Å². The van der Waals surface area contributed by atoms with Gasteiger partial charge < -0.3 is 9.73 Å². The molecule has 15 heavy (non-hydrogen) atoms. The number of nitrogens with one attached hydrogen (secondary N) is 1. The fourth-order valence-corrected chi connectivity index (χ4v) is 1.86. The number of hydrogen-bond acceptors (Lipinski definition) is 5. The highest BCUT2D eigenvalue weighted by Gasteiger charge is 2.07. The van der Waals surface area contributed by atoms with Crippen LogP contribution >= 0.6 is 11.3 Å². The van der Waals surface area contributed by atoms with E-state index >= 15 is 0 Å². The molecule has 0 saturated carbocycles. The van der Waals surface area contributed by atoms with Crippen molar-refractivity contribution < 1.29 is 4.42 Å². The Kier molecular flexibility index (Phi) is 3.01. The van der Waals surface area contributed by atoms with Gasteiger partial charge in [0.1, 0.15) is 10.8 Å². The van der Waals surface area contributed by atoms with Crippen LogP contribution in [-0.4, -0.2) is 10.2 Å². The van der Waals surface area contributed by atoms with E-state index in [-0.39, 0.29) is 0 Å². The van der Waals surface area contributed by atoms with Gasteiger partial charge in [-0.2, -0.15) is 0 Å². The third-order valence-corrected chi connectivity index (χ3v) is 3.11. The molecule has 0 radical (unpaired) electrons. The molecule has 0 aliphatic heterocycles. The highest BCUT2D eigenvalue weighted by molar-refractivity contribution is 7.15. The first-order valence-electron chi connectivity index (χ1n) is 4.85. The number of furan rings is 1. The zero-order chi connectivity index (χ0) is 10.7. The van der Waals surface area contributed by atoms with Crippen molar-refractivity contribution in [3.05, 3.63) is 29.2 Å². The number of anilines is 1. The Labute approximate surface area is 92.3 Å². The van der Waals surface area contributed by atoms with Crippen molar-refractivity contribution in [1.29, 1.82) is 0 Å². The zero-order valence-electron chi connectivity index (χ0n) is 8.73. The first-order chi connectivity index (χ1) is 7.25.